The Morgan fingerprint density at radius 3 is 2.77 bits per heavy atom. The van der Waals surface area contributed by atoms with Crippen LogP contribution in [0.4, 0.5) is 0 Å². The van der Waals surface area contributed by atoms with Crippen molar-refractivity contribution in [1.82, 2.24) is 14.5 Å². The predicted octanol–water partition coefficient (Wildman–Crippen LogP) is 2.98. The summed E-state index contributed by atoms with van der Waals surface area (Å²) in [5, 5.41) is 0.668. The number of Topliss-reactive ketones (excluding diaryl/α,β-unsaturated/α-hetero) is 2. The largest absolute Gasteiger partial charge is 0.355 e. The van der Waals surface area contributed by atoms with Crippen molar-refractivity contribution in [3.8, 4) is 0 Å². The highest BCUT2D eigenvalue weighted by molar-refractivity contribution is 7.18. The zero-order valence-electron chi connectivity index (χ0n) is 14.9. The maximum absolute atomic E-state index is 12.9. The highest BCUT2D eigenvalue weighted by Gasteiger charge is 2.23. The smallest absolute Gasteiger partial charge is 0.262 e. The highest BCUT2D eigenvalue weighted by Crippen LogP contribution is 2.34. The molecule has 1 aliphatic rings. The maximum Gasteiger partial charge on any atom is 0.262 e. The molecule has 1 aliphatic carbocycles. The second-order valence-corrected chi connectivity index (χ2v) is 7.90. The summed E-state index contributed by atoms with van der Waals surface area (Å²) in [6, 6.07) is 0. The van der Waals surface area contributed by atoms with Crippen molar-refractivity contribution < 1.29 is 9.59 Å². The van der Waals surface area contributed by atoms with E-state index in [0.29, 0.717) is 27.9 Å². The molecule has 134 valence electrons. The van der Waals surface area contributed by atoms with E-state index in [1.165, 1.54) is 22.7 Å². The maximum atomic E-state index is 12.9. The van der Waals surface area contributed by atoms with Crippen molar-refractivity contribution in [2.45, 2.75) is 46.6 Å². The van der Waals surface area contributed by atoms with Crippen LogP contribution < -0.4 is 5.56 Å². The van der Waals surface area contributed by atoms with Gasteiger partial charge in [-0.2, -0.15) is 0 Å². The number of carbonyl (C=O) groups excluding carboxylic acids is 2. The lowest BCUT2D eigenvalue weighted by molar-refractivity contribution is 0.0965. The van der Waals surface area contributed by atoms with E-state index < -0.39 is 0 Å². The Bertz CT molecular complexity index is 1130. The monoisotopic (exact) mass is 369 g/mol. The molecular formula is C19H19N3O3S. The van der Waals surface area contributed by atoms with Crippen LogP contribution in [0.25, 0.3) is 10.2 Å². The van der Waals surface area contributed by atoms with Gasteiger partial charge in [0, 0.05) is 16.1 Å². The van der Waals surface area contributed by atoms with E-state index in [0.717, 1.165) is 29.7 Å². The van der Waals surface area contributed by atoms with Crippen LogP contribution in [0.15, 0.2) is 11.1 Å². The number of ketones is 2. The summed E-state index contributed by atoms with van der Waals surface area (Å²) < 4.78 is 1.37. The molecule has 0 saturated carbocycles. The number of hydrogen-bond acceptors (Lipinski definition) is 5. The summed E-state index contributed by atoms with van der Waals surface area (Å²) in [4.78, 5) is 46.8. The average molecular weight is 369 g/mol. The van der Waals surface area contributed by atoms with E-state index in [-0.39, 0.29) is 23.7 Å². The first-order valence-electron chi connectivity index (χ1n) is 8.61. The molecule has 26 heavy (non-hydrogen) atoms. The third kappa shape index (κ3) is 2.46. The molecule has 0 radical (unpaired) electrons. The molecule has 7 heteroatoms. The molecule has 0 spiro atoms. The third-order valence-electron chi connectivity index (χ3n) is 5.07. The summed E-state index contributed by atoms with van der Waals surface area (Å²) in [5.41, 5.74) is 3.19. The molecule has 3 aromatic heterocycles. The molecule has 4 rings (SSSR count). The van der Waals surface area contributed by atoms with Crippen molar-refractivity contribution in [3.63, 3.8) is 0 Å². The zero-order chi connectivity index (χ0) is 18.6. The molecule has 1 N–H and O–H groups in total. The normalized spacial score (nSPS) is 13.3. The summed E-state index contributed by atoms with van der Waals surface area (Å²) >= 11 is 1.58. The Morgan fingerprint density at radius 2 is 2.08 bits per heavy atom. The average Bonchev–Trinajstić information content (AvgIpc) is 3.22. The first kappa shape index (κ1) is 16.9. The van der Waals surface area contributed by atoms with E-state index in [4.69, 9.17) is 0 Å². The summed E-state index contributed by atoms with van der Waals surface area (Å²) in [7, 11) is 0. The second kappa shape index (κ2) is 6.02. The fraction of sp³-hybridized carbons (Fsp3) is 0.368. The van der Waals surface area contributed by atoms with E-state index in [1.54, 1.807) is 25.2 Å². The molecule has 0 amide bonds. The topological polar surface area (TPSA) is 84.8 Å². The van der Waals surface area contributed by atoms with Gasteiger partial charge in [0.2, 0.25) is 0 Å². The van der Waals surface area contributed by atoms with Crippen LogP contribution >= 0.6 is 11.3 Å². The fourth-order valence-corrected chi connectivity index (χ4v) is 5.14. The van der Waals surface area contributed by atoms with E-state index >= 15 is 0 Å². The first-order valence-corrected chi connectivity index (χ1v) is 9.43. The molecule has 6 nitrogen and oxygen atoms in total. The van der Waals surface area contributed by atoms with Gasteiger partial charge in [0.25, 0.3) is 5.56 Å². The van der Waals surface area contributed by atoms with Gasteiger partial charge in [-0.15, -0.1) is 11.3 Å². The quantitative estimate of drug-likeness (QED) is 0.717. The molecule has 0 saturated heterocycles. The van der Waals surface area contributed by atoms with Crippen LogP contribution in [0.2, 0.25) is 0 Å². The molecule has 3 aromatic rings. The Kier molecular flexibility index (Phi) is 3.91. The van der Waals surface area contributed by atoms with Gasteiger partial charge in [-0.1, -0.05) is 0 Å². The van der Waals surface area contributed by atoms with Crippen LogP contribution in [0.5, 0.6) is 0 Å². The van der Waals surface area contributed by atoms with Crippen molar-refractivity contribution in [2.75, 3.05) is 0 Å². The lowest BCUT2D eigenvalue weighted by Gasteiger charge is -2.05. The van der Waals surface area contributed by atoms with E-state index in [2.05, 4.69) is 9.97 Å². The third-order valence-corrected chi connectivity index (χ3v) is 6.27. The Labute approximate surface area is 153 Å². The van der Waals surface area contributed by atoms with Gasteiger partial charge in [0.15, 0.2) is 11.6 Å². The van der Waals surface area contributed by atoms with Gasteiger partial charge < -0.3 is 4.98 Å². The number of H-pyrrole nitrogens is 1. The summed E-state index contributed by atoms with van der Waals surface area (Å²) in [6.07, 6.45) is 4.43. The van der Waals surface area contributed by atoms with Gasteiger partial charge in [-0.3, -0.25) is 19.0 Å². The van der Waals surface area contributed by atoms with Crippen LogP contribution in [0.1, 0.15) is 55.9 Å². The molecule has 0 unspecified atom stereocenters. The Morgan fingerprint density at radius 1 is 1.31 bits per heavy atom. The molecule has 0 bridgehead atoms. The van der Waals surface area contributed by atoms with Crippen LogP contribution in [0.3, 0.4) is 0 Å². The number of thiophene rings is 1. The zero-order valence-corrected chi connectivity index (χ0v) is 15.7. The number of nitrogens with one attached hydrogen (secondary N) is 1. The number of carbonyl (C=O) groups is 2. The minimum atomic E-state index is -0.228. The van der Waals surface area contributed by atoms with Gasteiger partial charge in [-0.05, 0) is 51.2 Å². The fourth-order valence-electron chi connectivity index (χ4n) is 3.92. The van der Waals surface area contributed by atoms with Crippen LogP contribution in [0, 0.1) is 13.8 Å². The van der Waals surface area contributed by atoms with Crippen molar-refractivity contribution in [3.05, 3.63) is 49.6 Å². The number of fused-ring (bicyclic) bond motifs is 3. The van der Waals surface area contributed by atoms with Crippen molar-refractivity contribution in [2.24, 2.45) is 0 Å². The molecule has 0 aliphatic heterocycles. The van der Waals surface area contributed by atoms with Crippen molar-refractivity contribution >= 4 is 33.1 Å². The predicted molar refractivity (Wildman–Crippen MR) is 101 cm³/mol. The molecular weight excluding hydrogens is 350 g/mol. The van der Waals surface area contributed by atoms with E-state index in [9.17, 15) is 14.4 Å². The number of nitrogens with zero attached hydrogens (tertiary/aromatic N) is 2. The van der Waals surface area contributed by atoms with Crippen LogP contribution in [-0.2, 0) is 19.4 Å². The minimum Gasteiger partial charge on any atom is -0.355 e. The molecule has 0 aromatic carbocycles. The van der Waals surface area contributed by atoms with Gasteiger partial charge >= 0.3 is 0 Å². The van der Waals surface area contributed by atoms with Gasteiger partial charge in [0.05, 0.1) is 24.0 Å². The number of aromatic amines is 1. The highest BCUT2D eigenvalue weighted by atomic mass is 32.1. The number of aryl methyl sites for hydroxylation is 3. The SMILES string of the molecule is CC(=O)c1c(C)[nH]c(C(=O)Cn2cnc3sc4c(c3c2=O)CCC4)c1C. The van der Waals surface area contributed by atoms with E-state index in [1.807, 2.05) is 0 Å². The number of hydrogen-bond donors (Lipinski definition) is 1. The molecule has 3 heterocycles. The lowest BCUT2D eigenvalue weighted by atomic mass is 10.1. The first-order chi connectivity index (χ1) is 12.4. The van der Waals surface area contributed by atoms with Crippen molar-refractivity contribution in [1.29, 1.82) is 0 Å². The van der Waals surface area contributed by atoms with Crippen LogP contribution in [-0.4, -0.2) is 26.1 Å². The number of rotatable bonds is 4. The number of aromatic nitrogens is 3. The standard InChI is InChI=1S/C19H19N3O3S/c1-9-15(11(3)23)10(2)21-17(9)13(24)7-22-8-20-18-16(19(22)25)12-5-4-6-14(12)26-18/h8,21H,4-7H2,1-3H3. The van der Waals surface area contributed by atoms with Gasteiger partial charge in [0.1, 0.15) is 4.83 Å². The summed E-state index contributed by atoms with van der Waals surface area (Å²) in [5.74, 6) is -0.308. The minimum absolute atomic E-state index is 0.0793. The summed E-state index contributed by atoms with van der Waals surface area (Å²) in [6.45, 7) is 4.92. The lowest BCUT2D eigenvalue weighted by Crippen LogP contribution is -2.25. The van der Waals surface area contributed by atoms with Gasteiger partial charge in [-0.25, -0.2) is 4.98 Å². The molecule has 0 atom stereocenters. The Hall–Kier alpha value is -2.54. The second-order valence-electron chi connectivity index (χ2n) is 6.82. The molecule has 0 fully saturated rings. The Balaban J connectivity index is 1.73.